The van der Waals surface area contributed by atoms with Gasteiger partial charge in [0.15, 0.2) is 0 Å². The van der Waals surface area contributed by atoms with Crippen LogP contribution in [0.3, 0.4) is 0 Å². The molecular weight excluding hydrogens is 150 g/mol. The molecule has 1 heterocycles. The molecule has 0 aromatic rings. The van der Waals surface area contributed by atoms with Crippen LogP contribution in [0.15, 0.2) is 0 Å². The maximum Gasteiger partial charge on any atom is 0.0700 e. The number of hydrogen-bond acceptors (Lipinski definition) is 2. The molecule has 1 saturated heterocycles. The number of methoxy groups -OCH3 is 1. The van der Waals surface area contributed by atoms with E-state index in [1.165, 1.54) is 32.5 Å². The van der Waals surface area contributed by atoms with E-state index < -0.39 is 0 Å². The minimum atomic E-state index is 0.200. The Labute approximate surface area is 75.9 Å². The first-order valence-electron chi connectivity index (χ1n) is 5.04. The van der Waals surface area contributed by atoms with E-state index >= 15 is 0 Å². The van der Waals surface area contributed by atoms with Crippen LogP contribution in [0.1, 0.15) is 33.1 Å². The van der Waals surface area contributed by atoms with Crippen molar-refractivity contribution in [1.82, 2.24) is 4.90 Å². The number of likely N-dealkylation sites (tertiary alicyclic amines) is 1. The number of nitrogens with zero attached hydrogens (tertiary/aromatic N) is 1. The number of rotatable bonds is 3. The zero-order valence-electron chi connectivity index (χ0n) is 8.60. The summed E-state index contributed by atoms with van der Waals surface area (Å²) in [5.74, 6) is 0. The molecule has 0 aliphatic carbocycles. The van der Waals surface area contributed by atoms with Crippen LogP contribution in [-0.2, 0) is 4.74 Å². The third-order valence-electron chi connectivity index (χ3n) is 3.29. The van der Waals surface area contributed by atoms with Crippen LogP contribution in [0.2, 0.25) is 0 Å². The van der Waals surface area contributed by atoms with Gasteiger partial charge in [-0.05, 0) is 25.8 Å². The molecule has 12 heavy (non-hydrogen) atoms. The third-order valence-corrected chi connectivity index (χ3v) is 3.29. The first-order chi connectivity index (χ1) is 5.76. The summed E-state index contributed by atoms with van der Waals surface area (Å²) in [6, 6.07) is 0. The Balaban J connectivity index is 2.42. The predicted octanol–water partition coefficient (Wildman–Crippen LogP) is 1.90. The van der Waals surface area contributed by atoms with Crippen LogP contribution in [0.4, 0.5) is 0 Å². The quantitative estimate of drug-likeness (QED) is 0.643. The summed E-state index contributed by atoms with van der Waals surface area (Å²) >= 11 is 0. The van der Waals surface area contributed by atoms with Crippen LogP contribution >= 0.6 is 0 Å². The van der Waals surface area contributed by atoms with Crippen LogP contribution in [0.5, 0.6) is 0 Å². The first kappa shape index (κ1) is 10.0. The van der Waals surface area contributed by atoms with Gasteiger partial charge < -0.3 is 9.64 Å². The second kappa shape index (κ2) is 4.24. The van der Waals surface area contributed by atoms with Crippen molar-refractivity contribution in [1.29, 1.82) is 0 Å². The monoisotopic (exact) mass is 171 g/mol. The van der Waals surface area contributed by atoms with Crippen molar-refractivity contribution in [2.45, 2.75) is 38.7 Å². The lowest BCUT2D eigenvalue weighted by atomic mass is 9.89. The molecule has 0 atom stereocenters. The van der Waals surface area contributed by atoms with Crippen molar-refractivity contribution in [3.8, 4) is 0 Å². The van der Waals surface area contributed by atoms with E-state index in [2.05, 4.69) is 18.7 Å². The Hall–Kier alpha value is -0.0800. The molecule has 1 rings (SSSR count). The Morgan fingerprint density at radius 2 is 1.83 bits per heavy atom. The Morgan fingerprint density at radius 1 is 1.25 bits per heavy atom. The van der Waals surface area contributed by atoms with Crippen molar-refractivity contribution >= 4 is 0 Å². The molecule has 72 valence electrons. The van der Waals surface area contributed by atoms with Gasteiger partial charge in [0.05, 0.1) is 5.60 Å². The van der Waals surface area contributed by atoms with Crippen molar-refractivity contribution in [3.63, 3.8) is 0 Å². The molecule has 1 aliphatic rings. The van der Waals surface area contributed by atoms with Crippen molar-refractivity contribution < 1.29 is 4.74 Å². The molecule has 0 bridgehead atoms. The lowest BCUT2D eigenvalue weighted by Crippen LogP contribution is -2.45. The van der Waals surface area contributed by atoms with Gasteiger partial charge in [-0.2, -0.15) is 0 Å². The van der Waals surface area contributed by atoms with Crippen LogP contribution < -0.4 is 0 Å². The van der Waals surface area contributed by atoms with E-state index in [0.29, 0.717) is 0 Å². The van der Waals surface area contributed by atoms with E-state index in [4.69, 9.17) is 4.74 Å². The van der Waals surface area contributed by atoms with E-state index in [1.807, 2.05) is 7.11 Å². The fraction of sp³-hybridized carbons (Fsp3) is 1.00. The largest absolute Gasteiger partial charge is 0.378 e. The summed E-state index contributed by atoms with van der Waals surface area (Å²) in [5, 5.41) is 0. The summed E-state index contributed by atoms with van der Waals surface area (Å²) in [6.07, 6.45) is 3.56. The summed E-state index contributed by atoms with van der Waals surface area (Å²) in [5.41, 5.74) is 0.200. The van der Waals surface area contributed by atoms with Gasteiger partial charge in [0, 0.05) is 20.2 Å². The van der Waals surface area contributed by atoms with E-state index in [1.54, 1.807) is 0 Å². The molecule has 0 unspecified atom stereocenters. The fourth-order valence-electron chi connectivity index (χ4n) is 1.98. The average molecular weight is 171 g/mol. The van der Waals surface area contributed by atoms with Crippen molar-refractivity contribution in [2.75, 3.05) is 26.7 Å². The van der Waals surface area contributed by atoms with Gasteiger partial charge in [0.2, 0.25) is 0 Å². The molecule has 0 aromatic heterocycles. The predicted molar refractivity (Wildman–Crippen MR) is 51.4 cm³/mol. The molecule has 0 amide bonds. The van der Waals surface area contributed by atoms with Crippen LogP contribution in [-0.4, -0.2) is 37.2 Å². The Bertz CT molecular complexity index is 122. The topological polar surface area (TPSA) is 12.5 Å². The zero-order chi connectivity index (χ0) is 9.03. The highest BCUT2D eigenvalue weighted by molar-refractivity contribution is 4.85. The summed E-state index contributed by atoms with van der Waals surface area (Å²) < 4.78 is 5.59. The van der Waals surface area contributed by atoms with Crippen molar-refractivity contribution in [2.24, 2.45) is 0 Å². The van der Waals surface area contributed by atoms with Gasteiger partial charge in [0.25, 0.3) is 0 Å². The van der Waals surface area contributed by atoms with E-state index in [0.717, 1.165) is 6.42 Å². The Kier molecular flexibility index (Phi) is 3.53. The number of piperidine rings is 1. The number of hydrogen-bond donors (Lipinski definition) is 0. The molecule has 0 N–H and O–H groups in total. The van der Waals surface area contributed by atoms with Gasteiger partial charge in [-0.1, -0.05) is 13.8 Å². The first-order valence-corrected chi connectivity index (χ1v) is 5.04. The standard InChI is InChI=1S/C10H21NO/c1-4-10(12-3)6-8-11(5-2)9-7-10/h4-9H2,1-3H3. The highest BCUT2D eigenvalue weighted by Crippen LogP contribution is 2.28. The SMILES string of the molecule is CCN1CCC(CC)(OC)CC1. The second-order valence-corrected chi connectivity index (χ2v) is 3.67. The molecule has 1 aliphatic heterocycles. The van der Waals surface area contributed by atoms with E-state index in [-0.39, 0.29) is 5.60 Å². The summed E-state index contributed by atoms with van der Waals surface area (Å²) in [6.45, 7) is 8.05. The smallest absolute Gasteiger partial charge is 0.0700 e. The zero-order valence-corrected chi connectivity index (χ0v) is 8.60. The highest BCUT2D eigenvalue weighted by Gasteiger charge is 2.31. The fourth-order valence-corrected chi connectivity index (χ4v) is 1.98. The van der Waals surface area contributed by atoms with Gasteiger partial charge >= 0.3 is 0 Å². The highest BCUT2D eigenvalue weighted by atomic mass is 16.5. The minimum absolute atomic E-state index is 0.200. The molecule has 2 nitrogen and oxygen atoms in total. The lowest BCUT2D eigenvalue weighted by molar-refractivity contribution is -0.0585. The molecule has 2 heteroatoms. The average Bonchev–Trinajstić information content (AvgIpc) is 2.18. The Morgan fingerprint density at radius 3 is 2.17 bits per heavy atom. The minimum Gasteiger partial charge on any atom is -0.378 e. The molecule has 1 fully saturated rings. The summed E-state index contributed by atoms with van der Waals surface area (Å²) in [7, 11) is 1.85. The molecule has 0 radical (unpaired) electrons. The normalized spacial score (nSPS) is 24.2. The third kappa shape index (κ3) is 1.99. The van der Waals surface area contributed by atoms with Gasteiger partial charge in [-0.3, -0.25) is 0 Å². The maximum atomic E-state index is 5.59. The second-order valence-electron chi connectivity index (χ2n) is 3.67. The van der Waals surface area contributed by atoms with Gasteiger partial charge in [0.1, 0.15) is 0 Å². The molecule has 0 aromatic carbocycles. The van der Waals surface area contributed by atoms with Gasteiger partial charge in [-0.25, -0.2) is 0 Å². The van der Waals surface area contributed by atoms with Gasteiger partial charge in [-0.15, -0.1) is 0 Å². The maximum absolute atomic E-state index is 5.59. The van der Waals surface area contributed by atoms with Crippen LogP contribution in [0, 0.1) is 0 Å². The molecular formula is C10H21NO. The number of ether oxygens (including phenoxy) is 1. The van der Waals surface area contributed by atoms with E-state index in [9.17, 15) is 0 Å². The molecule has 0 spiro atoms. The van der Waals surface area contributed by atoms with Crippen LogP contribution in [0.25, 0.3) is 0 Å². The van der Waals surface area contributed by atoms with Crippen molar-refractivity contribution in [3.05, 3.63) is 0 Å². The lowest BCUT2D eigenvalue weighted by Gasteiger charge is -2.40. The molecule has 0 saturated carbocycles. The summed E-state index contributed by atoms with van der Waals surface area (Å²) in [4.78, 5) is 2.49.